The van der Waals surface area contributed by atoms with Gasteiger partial charge in [-0.1, -0.05) is 18.2 Å². The molecule has 2 aromatic carbocycles. The SMILES string of the molecule is Cc1ccccc1C(=O)Nc1ccc(C(=O)Nc2nccs2)cc1. The van der Waals surface area contributed by atoms with Crippen LogP contribution < -0.4 is 10.6 Å². The number of nitrogens with zero attached hydrogens (tertiary/aromatic N) is 1. The lowest BCUT2D eigenvalue weighted by molar-refractivity contribution is 0.101. The number of thiazole rings is 1. The van der Waals surface area contributed by atoms with Crippen LogP contribution >= 0.6 is 11.3 Å². The molecule has 0 saturated heterocycles. The third kappa shape index (κ3) is 3.67. The summed E-state index contributed by atoms with van der Waals surface area (Å²) in [5.41, 5.74) is 2.67. The number of benzene rings is 2. The van der Waals surface area contributed by atoms with Gasteiger partial charge < -0.3 is 5.32 Å². The van der Waals surface area contributed by atoms with Gasteiger partial charge in [-0.3, -0.25) is 14.9 Å². The van der Waals surface area contributed by atoms with Gasteiger partial charge in [-0.25, -0.2) is 4.98 Å². The maximum atomic E-state index is 12.3. The van der Waals surface area contributed by atoms with Gasteiger partial charge in [-0.05, 0) is 42.8 Å². The fraction of sp³-hybridized carbons (Fsp3) is 0.0556. The Morgan fingerprint density at radius 3 is 2.38 bits per heavy atom. The third-order valence-electron chi connectivity index (χ3n) is 3.45. The maximum Gasteiger partial charge on any atom is 0.257 e. The molecule has 6 heteroatoms. The minimum Gasteiger partial charge on any atom is -0.322 e. The van der Waals surface area contributed by atoms with Crippen LogP contribution in [-0.2, 0) is 0 Å². The molecule has 0 spiro atoms. The van der Waals surface area contributed by atoms with Crippen molar-refractivity contribution in [2.75, 3.05) is 10.6 Å². The van der Waals surface area contributed by atoms with Crippen molar-refractivity contribution >= 4 is 34.0 Å². The molecule has 2 amide bonds. The molecule has 1 heterocycles. The quantitative estimate of drug-likeness (QED) is 0.757. The lowest BCUT2D eigenvalue weighted by Crippen LogP contribution is -2.14. The minimum absolute atomic E-state index is 0.173. The molecule has 0 aliphatic carbocycles. The van der Waals surface area contributed by atoms with Gasteiger partial charge in [0.25, 0.3) is 11.8 Å². The van der Waals surface area contributed by atoms with Gasteiger partial charge in [0.05, 0.1) is 0 Å². The Bertz CT molecular complexity index is 858. The summed E-state index contributed by atoms with van der Waals surface area (Å²) in [6.45, 7) is 1.89. The second-order valence-electron chi connectivity index (χ2n) is 5.14. The van der Waals surface area contributed by atoms with Crippen LogP contribution in [0.4, 0.5) is 10.8 Å². The van der Waals surface area contributed by atoms with E-state index in [2.05, 4.69) is 15.6 Å². The van der Waals surface area contributed by atoms with Crippen molar-refractivity contribution in [1.82, 2.24) is 4.98 Å². The fourth-order valence-electron chi connectivity index (χ4n) is 2.19. The van der Waals surface area contributed by atoms with Crippen LogP contribution in [0.15, 0.2) is 60.1 Å². The number of aromatic nitrogens is 1. The number of hydrogen-bond donors (Lipinski definition) is 2. The van der Waals surface area contributed by atoms with Gasteiger partial charge in [0.15, 0.2) is 5.13 Å². The zero-order chi connectivity index (χ0) is 16.9. The molecule has 3 aromatic rings. The zero-order valence-corrected chi connectivity index (χ0v) is 13.8. The van der Waals surface area contributed by atoms with Crippen LogP contribution in [0.1, 0.15) is 26.3 Å². The van der Waals surface area contributed by atoms with Crippen molar-refractivity contribution < 1.29 is 9.59 Å². The number of rotatable bonds is 4. The van der Waals surface area contributed by atoms with Gasteiger partial charge >= 0.3 is 0 Å². The lowest BCUT2D eigenvalue weighted by Gasteiger charge is -2.08. The van der Waals surface area contributed by atoms with E-state index in [-0.39, 0.29) is 11.8 Å². The molecule has 24 heavy (non-hydrogen) atoms. The standard InChI is InChI=1S/C18H15N3O2S/c1-12-4-2-3-5-15(12)17(23)20-14-8-6-13(7-9-14)16(22)21-18-19-10-11-24-18/h2-11H,1H3,(H,20,23)(H,19,21,22). The van der Waals surface area contributed by atoms with Crippen LogP contribution in [0.5, 0.6) is 0 Å². The molecular weight excluding hydrogens is 322 g/mol. The van der Waals surface area contributed by atoms with Crippen molar-refractivity contribution in [2.24, 2.45) is 0 Å². The molecule has 120 valence electrons. The molecule has 1 aromatic heterocycles. The van der Waals surface area contributed by atoms with E-state index in [1.807, 2.05) is 25.1 Å². The molecule has 0 atom stereocenters. The number of carbonyl (C=O) groups is 2. The van der Waals surface area contributed by atoms with Crippen molar-refractivity contribution in [1.29, 1.82) is 0 Å². The summed E-state index contributed by atoms with van der Waals surface area (Å²) < 4.78 is 0. The topological polar surface area (TPSA) is 71.1 Å². The second-order valence-corrected chi connectivity index (χ2v) is 6.03. The average molecular weight is 337 g/mol. The lowest BCUT2D eigenvalue weighted by atomic mass is 10.1. The summed E-state index contributed by atoms with van der Waals surface area (Å²) in [7, 11) is 0. The molecule has 2 N–H and O–H groups in total. The molecule has 0 unspecified atom stereocenters. The highest BCUT2D eigenvalue weighted by Gasteiger charge is 2.10. The number of anilines is 2. The number of amides is 2. The molecule has 0 aliphatic rings. The molecule has 0 bridgehead atoms. The van der Waals surface area contributed by atoms with Gasteiger partial charge in [0, 0.05) is 28.4 Å². The summed E-state index contributed by atoms with van der Waals surface area (Å²) in [6.07, 6.45) is 1.63. The van der Waals surface area contributed by atoms with Gasteiger partial charge in [-0.15, -0.1) is 11.3 Å². The summed E-state index contributed by atoms with van der Waals surface area (Å²) in [5.74, 6) is -0.408. The first kappa shape index (κ1) is 15.9. The predicted octanol–water partition coefficient (Wildman–Crippen LogP) is 3.96. The van der Waals surface area contributed by atoms with Crippen LogP contribution in [0.3, 0.4) is 0 Å². The van der Waals surface area contributed by atoms with Gasteiger partial charge in [0.1, 0.15) is 0 Å². The summed E-state index contributed by atoms with van der Waals surface area (Å²) in [5, 5.41) is 7.89. The molecule has 0 aliphatic heterocycles. The maximum absolute atomic E-state index is 12.3. The first-order chi connectivity index (χ1) is 11.6. The Morgan fingerprint density at radius 1 is 0.958 bits per heavy atom. The normalized spacial score (nSPS) is 10.2. The van der Waals surface area contributed by atoms with E-state index in [1.54, 1.807) is 41.9 Å². The van der Waals surface area contributed by atoms with E-state index in [1.165, 1.54) is 11.3 Å². The monoisotopic (exact) mass is 337 g/mol. The predicted molar refractivity (Wildman–Crippen MR) is 95.6 cm³/mol. The first-order valence-electron chi connectivity index (χ1n) is 7.31. The largest absolute Gasteiger partial charge is 0.322 e. The van der Waals surface area contributed by atoms with Crippen molar-refractivity contribution in [3.8, 4) is 0 Å². The van der Waals surface area contributed by atoms with Crippen LogP contribution in [-0.4, -0.2) is 16.8 Å². The number of carbonyl (C=O) groups excluding carboxylic acids is 2. The Morgan fingerprint density at radius 2 is 1.71 bits per heavy atom. The minimum atomic E-state index is -0.235. The Labute approximate surface area is 143 Å². The van der Waals surface area contributed by atoms with E-state index in [0.717, 1.165) is 5.56 Å². The van der Waals surface area contributed by atoms with E-state index in [0.29, 0.717) is 21.9 Å². The third-order valence-corrected chi connectivity index (χ3v) is 4.14. The molecule has 0 radical (unpaired) electrons. The van der Waals surface area contributed by atoms with Crippen molar-refractivity contribution in [3.63, 3.8) is 0 Å². The number of nitrogens with one attached hydrogen (secondary N) is 2. The molecular formula is C18H15N3O2S. The average Bonchev–Trinajstić information content (AvgIpc) is 3.08. The molecule has 5 nitrogen and oxygen atoms in total. The molecule has 0 fully saturated rings. The Balaban J connectivity index is 1.67. The summed E-state index contributed by atoms with van der Waals surface area (Å²) in [4.78, 5) is 28.4. The van der Waals surface area contributed by atoms with Crippen molar-refractivity contribution in [2.45, 2.75) is 6.92 Å². The van der Waals surface area contributed by atoms with E-state index in [9.17, 15) is 9.59 Å². The second kappa shape index (κ2) is 7.06. The smallest absolute Gasteiger partial charge is 0.257 e. The highest BCUT2D eigenvalue weighted by Crippen LogP contribution is 2.16. The van der Waals surface area contributed by atoms with E-state index < -0.39 is 0 Å². The van der Waals surface area contributed by atoms with Gasteiger partial charge in [0.2, 0.25) is 0 Å². The van der Waals surface area contributed by atoms with Crippen LogP contribution in [0, 0.1) is 6.92 Å². The van der Waals surface area contributed by atoms with Crippen molar-refractivity contribution in [3.05, 3.63) is 76.8 Å². The summed E-state index contributed by atoms with van der Waals surface area (Å²) in [6, 6.07) is 14.1. The first-order valence-corrected chi connectivity index (χ1v) is 8.19. The number of hydrogen-bond acceptors (Lipinski definition) is 4. The molecule has 3 rings (SSSR count). The molecule has 0 saturated carbocycles. The zero-order valence-electron chi connectivity index (χ0n) is 12.9. The van der Waals surface area contributed by atoms with Crippen LogP contribution in [0.25, 0.3) is 0 Å². The Hall–Kier alpha value is -2.99. The van der Waals surface area contributed by atoms with Gasteiger partial charge in [-0.2, -0.15) is 0 Å². The van der Waals surface area contributed by atoms with E-state index >= 15 is 0 Å². The summed E-state index contributed by atoms with van der Waals surface area (Å²) >= 11 is 1.36. The van der Waals surface area contributed by atoms with E-state index in [4.69, 9.17) is 0 Å². The Kier molecular flexibility index (Phi) is 4.67. The fourth-order valence-corrected chi connectivity index (χ4v) is 2.71. The highest BCUT2D eigenvalue weighted by molar-refractivity contribution is 7.13. The highest BCUT2D eigenvalue weighted by atomic mass is 32.1. The van der Waals surface area contributed by atoms with Crippen LogP contribution in [0.2, 0.25) is 0 Å². The number of aryl methyl sites for hydroxylation is 1.